The minimum Gasteiger partial charge on any atom is -0.493 e. The molecule has 0 amide bonds. The molecule has 0 aliphatic carbocycles. The summed E-state index contributed by atoms with van der Waals surface area (Å²) in [6.07, 6.45) is 2.09. The number of hydrogen-bond acceptors (Lipinski definition) is 4. The molecule has 1 fully saturated rings. The zero-order valence-electron chi connectivity index (χ0n) is 12.1. The van der Waals surface area contributed by atoms with Crippen molar-refractivity contribution in [2.75, 3.05) is 26.9 Å². The van der Waals surface area contributed by atoms with Gasteiger partial charge >= 0.3 is 0 Å². The first-order chi connectivity index (χ1) is 9.74. The molecule has 1 unspecified atom stereocenters. The predicted octanol–water partition coefficient (Wildman–Crippen LogP) is 3.02. The van der Waals surface area contributed by atoms with E-state index < -0.39 is 0 Å². The minimum atomic E-state index is 0.0926. The van der Waals surface area contributed by atoms with Gasteiger partial charge in [-0.2, -0.15) is 0 Å². The van der Waals surface area contributed by atoms with Crippen molar-refractivity contribution in [3.05, 3.63) is 22.7 Å². The number of nitrogens with one attached hydrogen (secondary N) is 1. The average molecular weight is 300 g/mol. The van der Waals surface area contributed by atoms with Crippen LogP contribution in [0.2, 0.25) is 5.02 Å². The number of ether oxygens (including phenoxy) is 3. The van der Waals surface area contributed by atoms with Crippen LogP contribution in [0.5, 0.6) is 11.5 Å². The third kappa shape index (κ3) is 4.01. The maximum atomic E-state index is 6.14. The van der Waals surface area contributed by atoms with E-state index in [0.717, 1.165) is 37.3 Å². The number of halogens is 1. The third-order valence-electron chi connectivity index (χ3n) is 3.23. The number of benzene rings is 1. The first-order valence-electron chi connectivity index (χ1n) is 7.06. The van der Waals surface area contributed by atoms with Crippen molar-refractivity contribution >= 4 is 11.6 Å². The quantitative estimate of drug-likeness (QED) is 0.786. The summed E-state index contributed by atoms with van der Waals surface area (Å²) in [7, 11) is 1.63. The van der Waals surface area contributed by atoms with Crippen LogP contribution in [0.15, 0.2) is 12.1 Å². The summed E-state index contributed by atoms with van der Waals surface area (Å²) in [6, 6.07) is 3.72. The molecular weight excluding hydrogens is 278 g/mol. The van der Waals surface area contributed by atoms with Gasteiger partial charge in [-0.15, -0.1) is 0 Å². The van der Waals surface area contributed by atoms with Gasteiger partial charge in [0, 0.05) is 29.6 Å². The first kappa shape index (κ1) is 15.4. The Labute approximate surface area is 125 Å². The topological polar surface area (TPSA) is 39.7 Å². The van der Waals surface area contributed by atoms with Crippen LogP contribution in [-0.4, -0.2) is 33.0 Å². The molecule has 4 nitrogen and oxygen atoms in total. The highest BCUT2D eigenvalue weighted by molar-refractivity contribution is 6.30. The zero-order chi connectivity index (χ0) is 14.4. The Morgan fingerprint density at radius 3 is 2.95 bits per heavy atom. The zero-order valence-corrected chi connectivity index (χ0v) is 12.8. The standard InChI is InChI=1S/C15H22ClNO3/c1-3-5-17-9-11-7-12(16)8-14(18-2)15(11)20-13-4-6-19-10-13/h7-8,13,17H,3-6,9-10H2,1-2H3. The molecule has 1 atom stereocenters. The van der Waals surface area contributed by atoms with E-state index in [4.69, 9.17) is 25.8 Å². The second-order valence-electron chi connectivity index (χ2n) is 4.88. The molecule has 1 heterocycles. The lowest BCUT2D eigenvalue weighted by Gasteiger charge is -2.19. The molecule has 0 aromatic heterocycles. The van der Waals surface area contributed by atoms with Gasteiger partial charge in [-0.3, -0.25) is 0 Å². The lowest BCUT2D eigenvalue weighted by Crippen LogP contribution is -2.19. The molecule has 1 aliphatic heterocycles. The van der Waals surface area contributed by atoms with Gasteiger partial charge in [-0.1, -0.05) is 18.5 Å². The van der Waals surface area contributed by atoms with Crippen LogP contribution in [0.1, 0.15) is 25.3 Å². The van der Waals surface area contributed by atoms with Crippen LogP contribution in [-0.2, 0) is 11.3 Å². The van der Waals surface area contributed by atoms with E-state index in [0.29, 0.717) is 23.9 Å². The van der Waals surface area contributed by atoms with Crippen molar-refractivity contribution in [1.82, 2.24) is 5.32 Å². The fourth-order valence-corrected chi connectivity index (χ4v) is 2.44. The summed E-state index contributed by atoms with van der Waals surface area (Å²) in [4.78, 5) is 0. The summed E-state index contributed by atoms with van der Waals surface area (Å²) >= 11 is 6.14. The Morgan fingerprint density at radius 1 is 1.45 bits per heavy atom. The Morgan fingerprint density at radius 2 is 2.30 bits per heavy atom. The molecule has 0 radical (unpaired) electrons. The van der Waals surface area contributed by atoms with E-state index in [-0.39, 0.29) is 6.10 Å². The summed E-state index contributed by atoms with van der Waals surface area (Å²) in [5.41, 5.74) is 1.02. The molecule has 1 aliphatic rings. The SMILES string of the molecule is CCCNCc1cc(Cl)cc(OC)c1OC1CCOC1. The molecule has 0 saturated carbocycles. The van der Waals surface area contributed by atoms with Crippen molar-refractivity contribution in [2.45, 2.75) is 32.4 Å². The fraction of sp³-hybridized carbons (Fsp3) is 0.600. The van der Waals surface area contributed by atoms with E-state index >= 15 is 0 Å². The van der Waals surface area contributed by atoms with Gasteiger partial charge in [0.25, 0.3) is 0 Å². The second-order valence-corrected chi connectivity index (χ2v) is 5.31. The van der Waals surface area contributed by atoms with Crippen molar-refractivity contribution in [3.63, 3.8) is 0 Å². The largest absolute Gasteiger partial charge is 0.493 e. The monoisotopic (exact) mass is 299 g/mol. The van der Waals surface area contributed by atoms with Gasteiger partial charge in [0.2, 0.25) is 0 Å². The van der Waals surface area contributed by atoms with Crippen LogP contribution in [0, 0.1) is 0 Å². The molecule has 1 aromatic rings. The molecule has 0 bridgehead atoms. The Bertz CT molecular complexity index is 433. The van der Waals surface area contributed by atoms with Crippen LogP contribution < -0.4 is 14.8 Å². The highest BCUT2D eigenvalue weighted by atomic mass is 35.5. The molecule has 112 valence electrons. The smallest absolute Gasteiger partial charge is 0.166 e. The molecule has 1 saturated heterocycles. The number of methoxy groups -OCH3 is 1. The molecule has 1 aromatic carbocycles. The van der Waals surface area contributed by atoms with E-state index in [9.17, 15) is 0 Å². The number of hydrogen-bond donors (Lipinski definition) is 1. The molecule has 20 heavy (non-hydrogen) atoms. The van der Waals surface area contributed by atoms with Crippen molar-refractivity contribution in [3.8, 4) is 11.5 Å². The van der Waals surface area contributed by atoms with Gasteiger partial charge in [-0.25, -0.2) is 0 Å². The maximum Gasteiger partial charge on any atom is 0.166 e. The summed E-state index contributed by atoms with van der Waals surface area (Å²) < 4.78 is 16.8. The highest BCUT2D eigenvalue weighted by Gasteiger charge is 2.21. The lowest BCUT2D eigenvalue weighted by atomic mass is 10.1. The van der Waals surface area contributed by atoms with Crippen LogP contribution in [0.25, 0.3) is 0 Å². The van der Waals surface area contributed by atoms with E-state index in [1.54, 1.807) is 13.2 Å². The van der Waals surface area contributed by atoms with Crippen LogP contribution in [0.4, 0.5) is 0 Å². The molecule has 0 spiro atoms. The second kappa shape index (κ2) is 7.72. The van der Waals surface area contributed by atoms with Gasteiger partial charge < -0.3 is 19.5 Å². The molecule has 5 heteroatoms. The normalized spacial score (nSPS) is 18.2. The minimum absolute atomic E-state index is 0.0926. The van der Waals surface area contributed by atoms with Gasteiger partial charge in [-0.05, 0) is 19.0 Å². The van der Waals surface area contributed by atoms with E-state index in [1.165, 1.54) is 0 Å². The molecule has 2 rings (SSSR count). The Hall–Kier alpha value is -0.970. The van der Waals surface area contributed by atoms with Crippen molar-refractivity contribution in [2.24, 2.45) is 0 Å². The highest BCUT2D eigenvalue weighted by Crippen LogP contribution is 2.36. The van der Waals surface area contributed by atoms with E-state index in [2.05, 4.69) is 12.2 Å². The summed E-state index contributed by atoms with van der Waals surface area (Å²) in [6.45, 7) is 5.20. The van der Waals surface area contributed by atoms with Gasteiger partial charge in [0.05, 0.1) is 20.3 Å². The molecular formula is C15H22ClNO3. The average Bonchev–Trinajstić information content (AvgIpc) is 2.94. The third-order valence-corrected chi connectivity index (χ3v) is 3.45. The van der Waals surface area contributed by atoms with Crippen molar-refractivity contribution in [1.29, 1.82) is 0 Å². The van der Waals surface area contributed by atoms with Gasteiger partial charge in [0.1, 0.15) is 6.10 Å². The van der Waals surface area contributed by atoms with Crippen molar-refractivity contribution < 1.29 is 14.2 Å². The van der Waals surface area contributed by atoms with Gasteiger partial charge in [0.15, 0.2) is 11.5 Å². The van der Waals surface area contributed by atoms with E-state index in [1.807, 2.05) is 6.07 Å². The Kier molecular flexibility index (Phi) is 5.95. The molecule has 1 N–H and O–H groups in total. The summed E-state index contributed by atoms with van der Waals surface area (Å²) in [5, 5.41) is 4.03. The lowest BCUT2D eigenvalue weighted by molar-refractivity contribution is 0.138. The predicted molar refractivity (Wildman–Crippen MR) is 79.9 cm³/mol. The maximum absolute atomic E-state index is 6.14. The van der Waals surface area contributed by atoms with Crippen LogP contribution in [0.3, 0.4) is 0 Å². The number of rotatable bonds is 7. The Balaban J connectivity index is 2.19. The van der Waals surface area contributed by atoms with Crippen LogP contribution >= 0.6 is 11.6 Å². The summed E-state index contributed by atoms with van der Waals surface area (Å²) in [5.74, 6) is 1.45. The fourth-order valence-electron chi connectivity index (χ4n) is 2.21. The first-order valence-corrected chi connectivity index (χ1v) is 7.44.